The molecule has 0 amide bonds. The van der Waals surface area contributed by atoms with Gasteiger partial charge in [-0.05, 0) is 58.2 Å². The molecule has 0 aromatic carbocycles. The Bertz CT molecular complexity index is 273. The molecule has 1 atom stereocenters. The second-order valence-electron chi connectivity index (χ2n) is 6.09. The molecule has 0 rings (SSSR count). The predicted octanol–water partition coefficient (Wildman–Crippen LogP) is 3.28. The van der Waals surface area contributed by atoms with Gasteiger partial charge in [-0.2, -0.15) is 11.8 Å². The van der Waals surface area contributed by atoms with E-state index in [1.54, 1.807) is 0 Å². The van der Waals surface area contributed by atoms with Crippen LogP contribution in [0.4, 0.5) is 0 Å². The first-order valence-electron chi connectivity index (χ1n) is 8.18. The van der Waals surface area contributed by atoms with Gasteiger partial charge >= 0.3 is 0 Å². The van der Waals surface area contributed by atoms with Crippen LogP contribution in [-0.2, 0) is 0 Å². The van der Waals surface area contributed by atoms with Crippen LogP contribution in [0.25, 0.3) is 0 Å². The Morgan fingerprint density at radius 1 is 1.18 bits per heavy atom. The number of likely N-dealkylation sites (N-methyl/N-ethyl adjacent to an activating group) is 1. The van der Waals surface area contributed by atoms with Crippen LogP contribution < -0.4 is 10.6 Å². The van der Waals surface area contributed by atoms with Gasteiger partial charge in [0.1, 0.15) is 0 Å². The Balaban J connectivity index is 0. The van der Waals surface area contributed by atoms with E-state index in [1.807, 2.05) is 11.8 Å². The van der Waals surface area contributed by atoms with E-state index in [9.17, 15) is 0 Å². The van der Waals surface area contributed by atoms with Crippen LogP contribution in [0.1, 0.15) is 40.0 Å². The topological polar surface area (TPSA) is 39.7 Å². The number of hydrogen-bond donors (Lipinski definition) is 2. The van der Waals surface area contributed by atoms with Gasteiger partial charge in [-0.15, -0.1) is 24.0 Å². The van der Waals surface area contributed by atoms with Crippen LogP contribution in [-0.4, -0.2) is 62.6 Å². The molecule has 2 N–H and O–H groups in total. The lowest BCUT2D eigenvalue weighted by Gasteiger charge is -2.24. The van der Waals surface area contributed by atoms with Crippen molar-refractivity contribution in [3.63, 3.8) is 0 Å². The number of halogens is 1. The minimum absolute atomic E-state index is 0. The zero-order valence-corrected chi connectivity index (χ0v) is 18.5. The van der Waals surface area contributed by atoms with Crippen LogP contribution in [0.5, 0.6) is 0 Å². The first-order valence-corrected chi connectivity index (χ1v) is 9.58. The molecule has 0 saturated heterocycles. The van der Waals surface area contributed by atoms with Gasteiger partial charge in [0.25, 0.3) is 0 Å². The second-order valence-corrected chi connectivity index (χ2v) is 7.08. The maximum atomic E-state index is 4.75. The maximum absolute atomic E-state index is 4.75. The molecule has 0 aromatic rings. The molecular weight excluding hydrogens is 407 g/mol. The highest BCUT2D eigenvalue weighted by atomic mass is 127. The molecule has 0 heterocycles. The molecule has 0 aliphatic heterocycles. The number of nitrogens with zero attached hydrogens (tertiary/aromatic N) is 2. The Morgan fingerprint density at radius 2 is 1.86 bits per heavy atom. The number of aliphatic imine (C=N–C) groups is 1. The molecule has 0 fully saturated rings. The summed E-state index contributed by atoms with van der Waals surface area (Å²) in [5, 5.41) is 6.77. The third-order valence-corrected chi connectivity index (χ3v) is 4.04. The molecule has 0 aromatic heterocycles. The lowest BCUT2D eigenvalue weighted by Crippen LogP contribution is -2.40. The number of thioether (sulfide) groups is 1. The van der Waals surface area contributed by atoms with Crippen LogP contribution in [0.15, 0.2) is 4.99 Å². The fourth-order valence-corrected chi connectivity index (χ4v) is 2.60. The third-order valence-electron chi connectivity index (χ3n) is 3.35. The molecule has 1 unspecified atom stereocenters. The van der Waals surface area contributed by atoms with Crippen molar-refractivity contribution in [3.05, 3.63) is 0 Å². The van der Waals surface area contributed by atoms with Crippen molar-refractivity contribution < 1.29 is 0 Å². The number of nitrogens with one attached hydrogen (secondary N) is 2. The zero-order chi connectivity index (χ0) is 16.1. The van der Waals surface area contributed by atoms with Gasteiger partial charge in [0.2, 0.25) is 0 Å². The van der Waals surface area contributed by atoms with Crippen LogP contribution in [0, 0.1) is 5.92 Å². The highest BCUT2D eigenvalue weighted by molar-refractivity contribution is 14.0. The fourth-order valence-electron chi connectivity index (χ4n) is 2.11. The highest BCUT2D eigenvalue weighted by Crippen LogP contribution is 2.09. The molecule has 22 heavy (non-hydrogen) atoms. The summed E-state index contributed by atoms with van der Waals surface area (Å²) in [5.41, 5.74) is 0. The molecule has 0 aliphatic rings. The molecule has 4 nitrogen and oxygen atoms in total. The van der Waals surface area contributed by atoms with E-state index >= 15 is 0 Å². The Morgan fingerprint density at radius 3 is 2.36 bits per heavy atom. The molecular formula is C16H37IN4S. The van der Waals surface area contributed by atoms with E-state index in [4.69, 9.17) is 4.99 Å². The SMILES string of the molecule is CCNC(=NCC(CC(C)C)N(C)C)NCCCCSC.I. The van der Waals surface area contributed by atoms with E-state index in [-0.39, 0.29) is 24.0 Å². The molecule has 6 heteroatoms. The quantitative estimate of drug-likeness (QED) is 0.222. The summed E-state index contributed by atoms with van der Waals surface area (Å²) in [5.74, 6) is 2.90. The Labute approximate surface area is 159 Å². The van der Waals surface area contributed by atoms with E-state index in [2.05, 4.69) is 56.7 Å². The van der Waals surface area contributed by atoms with Crippen molar-refractivity contribution in [2.24, 2.45) is 10.9 Å². The lowest BCUT2D eigenvalue weighted by molar-refractivity contribution is 0.261. The fraction of sp³-hybridized carbons (Fsp3) is 0.938. The van der Waals surface area contributed by atoms with Crippen molar-refractivity contribution in [3.8, 4) is 0 Å². The van der Waals surface area contributed by atoms with E-state index in [0.29, 0.717) is 12.0 Å². The average molecular weight is 444 g/mol. The molecule has 0 radical (unpaired) electrons. The normalized spacial score (nSPS) is 13.2. The minimum atomic E-state index is 0. The summed E-state index contributed by atoms with van der Waals surface area (Å²) in [6, 6.07) is 0.511. The van der Waals surface area contributed by atoms with Crippen LogP contribution in [0.2, 0.25) is 0 Å². The van der Waals surface area contributed by atoms with Crippen LogP contribution in [0.3, 0.4) is 0 Å². The first kappa shape index (κ1) is 24.6. The lowest BCUT2D eigenvalue weighted by atomic mass is 10.0. The largest absolute Gasteiger partial charge is 0.357 e. The van der Waals surface area contributed by atoms with Crippen LogP contribution >= 0.6 is 35.7 Å². The molecule has 134 valence electrons. The van der Waals surface area contributed by atoms with E-state index < -0.39 is 0 Å². The Kier molecular flexibility index (Phi) is 18.1. The molecule has 0 bridgehead atoms. The highest BCUT2D eigenvalue weighted by Gasteiger charge is 2.13. The van der Waals surface area contributed by atoms with Crippen molar-refractivity contribution in [2.75, 3.05) is 45.7 Å². The van der Waals surface area contributed by atoms with Crippen molar-refractivity contribution in [2.45, 2.75) is 46.1 Å². The summed E-state index contributed by atoms with van der Waals surface area (Å²) < 4.78 is 0. The summed E-state index contributed by atoms with van der Waals surface area (Å²) in [6.07, 6.45) is 5.81. The van der Waals surface area contributed by atoms with Gasteiger partial charge in [0.15, 0.2) is 5.96 Å². The molecule has 0 spiro atoms. The van der Waals surface area contributed by atoms with Gasteiger partial charge in [-0.25, -0.2) is 0 Å². The van der Waals surface area contributed by atoms with Gasteiger partial charge in [0.05, 0.1) is 6.54 Å². The van der Waals surface area contributed by atoms with Crippen molar-refractivity contribution in [1.29, 1.82) is 0 Å². The van der Waals surface area contributed by atoms with E-state index in [1.165, 1.54) is 25.0 Å². The number of guanidine groups is 1. The van der Waals surface area contributed by atoms with E-state index in [0.717, 1.165) is 25.6 Å². The van der Waals surface area contributed by atoms with Gasteiger partial charge in [-0.3, -0.25) is 4.99 Å². The standard InChI is InChI=1S/C16H36N4S.HI/c1-7-17-16(18-10-8-9-11-21-6)19-13-15(20(4)5)12-14(2)3;/h14-15H,7-13H2,1-6H3,(H2,17,18,19);1H. The monoisotopic (exact) mass is 444 g/mol. The number of unbranched alkanes of at least 4 members (excludes halogenated alkanes) is 1. The maximum Gasteiger partial charge on any atom is 0.191 e. The number of rotatable bonds is 11. The number of hydrogen-bond acceptors (Lipinski definition) is 3. The predicted molar refractivity (Wildman–Crippen MR) is 114 cm³/mol. The van der Waals surface area contributed by atoms with Gasteiger partial charge in [-0.1, -0.05) is 13.8 Å². The second kappa shape index (κ2) is 16.2. The van der Waals surface area contributed by atoms with Gasteiger partial charge < -0.3 is 15.5 Å². The van der Waals surface area contributed by atoms with Crippen molar-refractivity contribution >= 4 is 41.7 Å². The van der Waals surface area contributed by atoms with Gasteiger partial charge in [0, 0.05) is 19.1 Å². The first-order chi connectivity index (χ1) is 10.0. The van der Waals surface area contributed by atoms with Crippen molar-refractivity contribution in [1.82, 2.24) is 15.5 Å². The average Bonchev–Trinajstić information content (AvgIpc) is 2.42. The Hall–Kier alpha value is 0.310. The third kappa shape index (κ3) is 13.9. The minimum Gasteiger partial charge on any atom is -0.357 e. The summed E-state index contributed by atoms with van der Waals surface area (Å²) in [7, 11) is 4.29. The summed E-state index contributed by atoms with van der Waals surface area (Å²) in [6.45, 7) is 9.43. The zero-order valence-electron chi connectivity index (χ0n) is 15.3. The molecule has 0 saturated carbocycles. The molecule has 0 aliphatic carbocycles. The smallest absolute Gasteiger partial charge is 0.191 e. The summed E-state index contributed by atoms with van der Waals surface area (Å²) >= 11 is 1.91. The summed E-state index contributed by atoms with van der Waals surface area (Å²) in [4.78, 5) is 7.04.